The standard InChI is InChI=1S/C11H18O2/c1-7(2)9-5-4-6-10(8(3)12)11(9)13/h7,9,13H,4-6H2,1-3H3. The van der Waals surface area contributed by atoms with Crippen molar-refractivity contribution < 1.29 is 9.90 Å². The molecule has 0 bridgehead atoms. The van der Waals surface area contributed by atoms with Crippen LogP contribution in [0.2, 0.25) is 0 Å². The van der Waals surface area contributed by atoms with Crippen molar-refractivity contribution in [2.75, 3.05) is 0 Å². The summed E-state index contributed by atoms with van der Waals surface area (Å²) in [6.07, 6.45) is 2.80. The molecule has 1 aliphatic rings. The molecule has 0 aromatic rings. The van der Waals surface area contributed by atoms with Gasteiger partial charge < -0.3 is 5.11 Å². The van der Waals surface area contributed by atoms with Crippen molar-refractivity contribution in [1.29, 1.82) is 0 Å². The molecule has 0 amide bonds. The predicted molar refractivity (Wildman–Crippen MR) is 52.5 cm³/mol. The first-order chi connectivity index (χ1) is 6.04. The zero-order valence-electron chi connectivity index (χ0n) is 8.63. The fourth-order valence-electron chi connectivity index (χ4n) is 1.99. The van der Waals surface area contributed by atoms with Crippen LogP contribution >= 0.6 is 0 Å². The van der Waals surface area contributed by atoms with E-state index in [1.807, 2.05) is 0 Å². The molecule has 1 unspecified atom stereocenters. The van der Waals surface area contributed by atoms with Crippen LogP contribution in [-0.4, -0.2) is 10.9 Å². The summed E-state index contributed by atoms with van der Waals surface area (Å²) in [5.74, 6) is 1.01. The Balaban J connectivity index is 2.92. The fourth-order valence-corrected chi connectivity index (χ4v) is 1.99. The maximum Gasteiger partial charge on any atom is 0.159 e. The van der Waals surface area contributed by atoms with Gasteiger partial charge in [0.2, 0.25) is 0 Å². The van der Waals surface area contributed by atoms with E-state index in [4.69, 9.17) is 0 Å². The fraction of sp³-hybridized carbons (Fsp3) is 0.727. The van der Waals surface area contributed by atoms with Gasteiger partial charge in [0.1, 0.15) is 5.76 Å². The number of ketones is 1. The van der Waals surface area contributed by atoms with E-state index in [0.717, 1.165) is 19.3 Å². The summed E-state index contributed by atoms with van der Waals surface area (Å²) in [5, 5.41) is 9.83. The third kappa shape index (κ3) is 2.11. The summed E-state index contributed by atoms with van der Waals surface area (Å²) in [6, 6.07) is 0. The largest absolute Gasteiger partial charge is 0.512 e. The number of hydrogen-bond donors (Lipinski definition) is 1. The van der Waals surface area contributed by atoms with Gasteiger partial charge in [-0.25, -0.2) is 0 Å². The van der Waals surface area contributed by atoms with Gasteiger partial charge in [0.15, 0.2) is 5.78 Å². The maximum absolute atomic E-state index is 11.2. The molecule has 1 atom stereocenters. The van der Waals surface area contributed by atoms with Gasteiger partial charge in [-0.2, -0.15) is 0 Å². The molecule has 0 aromatic heterocycles. The molecule has 0 aliphatic heterocycles. The third-order valence-electron chi connectivity index (χ3n) is 2.83. The Morgan fingerprint density at radius 1 is 1.54 bits per heavy atom. The van der Waals surface area contributed by atoms with Gasteiger partial charge in [-0.1, -0.05) is 13.8 Å². The lowest BCUT2D eigenvalue weighted by Gasteiger charge is -2.26. The normalized spacial score (nSPS) is 23.8. The first-order valence-corrected chi connectivity index (χ1v) is 4.97. The minimum absolute atomic E-state index is 0.0304. The summed E-state index contributed by atoms with van der Waals surface area (Å²) < 4.78 is 0. The van der Waals surface area contributed by atoms with Crippen molar-refractivity contribution in [2.45, 2.75) is 40.0 Å². The van der Waals surface area contributed by atoms with Gasteiger partial charge in [0.05, 0.1) is 0 Å². The molecule has 2 heteroatoms. The van der Waals surface area contributed by atoms with Crippen LogP contribution in [0.1, 0.15) is 40.0 Å². The van der Waals surface area contributed by atoms with E-state index >= 15 is 0 Å². The second-order valence-corrected chi connectivity index (χ2v) is 4.16. The summed E-state index contributed by atoms with van der Waals surface area (Å²) in [4.78, 5) is 11.2. The van der Waals surface area contributed by atoms with E-state index in [1.54, 1.807) is 0 Å². The summed E-state index contributed by atoms with van der Waals surface area (Å²) in [5.41, 5.74) is 0.657. The lowest BCUT2D eigenvalue weighted by Crippen LogP contribution is -2.20. The Morgan fingerprint density at radius 3 is 2.62 bits per heavy atom. The number of hydrogen-bond acceptors (Lipinski definition) is 2. The van der Waals surface area contributed by atoms with Crippen LogP contribution in [0, 0.1) is 11.8 Å². The molecule has 1 N–H and O–H groups in total. The highest BCUT2D eigenvalue weighted by Gasteiger charge is 2.26. The van der Waals surface area contributed by atoms with Gasteiger partial charge in [-0.05, 0) is 32.1 Å². The molecule has 13 heavy (non-hydrogen) atoms. The van der Waals surface area contributed by atoms with Crippen molar-refractivity contribution in [3.8, 4) is 0 Å². The zero-order chi connectivity index (χ0) is 10.0. The second-order valence-electron chi connectivity index (χ2n) is 4.16. The molecule has 0 fully saturated rings. The minimum atomic E-state index is 0.0304. The number of carbonyl (C=O) groups excluding carboxylic acids is 1. The molecular weight excluding hydrogens is 164 g/mol. The molecule has 0 saturated carbocycles. The highest BCUT2D eigenvalue weighted by molar-refractivity contribution is 5.93. The smallest absolute Gasteiger partial charge is 0.159 e. The Hall–Kier alpha value is -0.790. The molecule has 1 aliphatic carbocycles. The molecule has 74 valence electrons. The predicted octanol–water partition coefficient (Wildman–Crippen LogP) is 2.84. The summed E-state index contributed by atoms with van der Waals surface area (Å²) >= 11 is 0. The Bertz CT molecular complexity index is 238. The second kappa shape index (κ2) is 3.95. The number of aliphatic hydroxyl groups is 1. The molecule has 0 aromatic carbocycles. The van der Waals surface area contributed by atoms with Gasteiger partial charge in [0, 0.05) is 11.5 Å². The summed E-state index contributed by atoms with van der Waals surface area (Å²) in [7, 11) is 0. The lowest BCUT2D eigenvalue weighted by atomic mass is 9.81. The zero-order valence-corrected chi connectivity index (χ0v) is 8.63. The maximum atomic E-state index is 11.2. The number of allylic oxidation sites excluding steroid dienone is 2. The van der Waals surface area contributed by atoms with E-state index < -0.39 is 0 Å². The van der Waals surface area contributed by atoms with Crippen LogP contribution < -0.4 is 0 Å². The van der Waals surface area contributed by atoms with Gasteiger partial charge in [0.25, 0.3) is 0 Å². The van der Waals surface area contributed by atoms with E-state index in [0.29, 0.717) is 17.3 Å². The van der Waals surface area contributed by atoms with Crippen LogP contribution in [-0.2, 0) is 4.79 Å². The van der Waals surface area contributed by atoms with Crippen molar-refractivity contribution in [3.63, 3.8) is 0 Å². The Kier molecular flexibility index (Phi) is 3.12. The lowest BCUT2D eigenvalue weighted by molar-refractivity contribution is -0.114. The molecular formula is C11H18O2. The first-order valence-electron chi connectivity index (χ1n) is 4.97. The highest BCUT2D eigenvalue weighted by atomic mass is 16.3. The van der Waals surface area contributed by atoms with Crippen LogP contribution in [0.3, 0.4) is 0 Å². The number of aliphatic hydroxyl groups excluding tert-OH is 1. The third-order valence-corrected chi connectivity index (χ3v) is 2.83. The Morgan fingerprint density at radius 2 is 2.15 bits per heavy atom. The Labute approximate surface area is 79.6 Å². The van der Waals surface area contributed by atoms with E-state index in [-0.39, 0.29) is 11.7 Å². The average molecular weight is 182 g/mol. The first kappa shape index (κ1) is 10.3. The van der Waals surface area contributed by atoms with Crippen LogP contribution in [0.5, 0.6) is 0 Å². The monoisotopic (exact) mass is 182 g/mol. The van der Waals surface area contributed by atoms with Gasteiger partial charge in [-0.3, -0.25) is 4.79 Å². The quantitative estimate of drug-likeness (QED) is 0.713. The van der Waals surface area contributed by atoms with E-state index in [2.05, 4.69) is 13.8 Å². The van der Waals surface area contributed by atoms with Crippen LogP contribution in [0.15, 0.2) is 11.3 Å². The van der Waals surface area contributed by atoms with E-state index in [1.165, 1.54) is 6.92 Å². The van der Waals surface area contributed by atoms with Crippen LogP contribution in [0.25, 0.3) is 0 Å². The molecule has 0 saturated heterocycles. The molecule has 1 rings (SSSR count). The molecule has 0 radical (unpaired) electrons. The van der Waals surface area contributed by atoms with Crippen molar-refractivity contribution >= 4 is 5.78 Å². The SMILES string of the molecule is CC(=O)C1=C(O)C(C(C)C)CCC1. The van der Waals surface area contributed by atoms with Crippen molar-refractivity contribution in [2.24, 2.45) is 11.8 Å². The minimum Gasteiger partial charge on any atom is -0.512 e. The van der Waals surface area contributed by atoms with Gasteiger partial charge >= 0.3 is 0 Å². The van der Waals surface area contributed by atoms with E-state index in [9.17, 15) is 9.90 Å². The van der Waals surface area contributed by atoms with Crippen LogP contribution in [0.4, 0.5) is 0 Å². The molecule has 2 nitrogen and oxygen atoms in total. The molecule has 0 heterocycles. The number of carbonyl (C=O) groups is 1. The van der Waals surface area contributed by atoms with Crippen molar-refractivity contribution in [3.05, 3.63) is 11.3 Å². The van der Waals surface area contributed by atoms with Gasteiger partial charge in [-0.15, -0.1) is 0 Å². The van der Waals surface area contributed by atoms with Crippen molar-refractivity contribution in [1.82, 2.24) is 0 Å². The number of rotatable bonds is 2. The highest BCUT2D eigenvalue weighted by Crippen LogP contribution is 2.33. The molecule has 0 spiro atoms. The summed E-state index contributed by atoms with van der Waals surface area (Å²) in [6.45, 7) is 5.71. The average Bonchev–Trinajstić information content (AvgIpc) is 2.03. The topological polar surface area (TPSA) is 37.3 Å². The number of Topliss-reactive ketones (excluding diaryl/α,β-unsaturated/α-hetero) is 1.